The third-order valence-corrected chi connectivity index (χ3v) is 10.1. The second kappa shape index (κ2) is 12.7. The summed E-state index contributed by atoms with van der Waals surface area (Å²) in [5.41, 5.74) is 1.51. The number of rotatable bonds is 11. The van der Waals surface area contributed by atoms with Crippen molar-refractivity contribution in [2.75, 3.05) is 38.6 Å². The van der Waals surface area contributed by atoms with E-state index in [0.717, 1.165) is 44.5 Å². The number of pyridine rings is 1. The van der Waals surface area contributed by atoms with Crippen molar-refractivity contribution in [1.29, 1.82) is 0 Å². The molecule has 2 fully saturated rings. The van der Waals surface area contributed by atoms with Gasteiger partial charge in [0.2, 0.25) is 21.8 Å². The number of methoxy groups -OCH3 is 1. The van der Waals surface area contributed by atoms with Crippen molar-refractivity contribution < 1.29 is 17.9 Å². The summed E-state index contributed by atoms with van der Waals surface area (Å²) in [7, 11) is -2.05. The monoisotopic (exact) mass is 571 g/mol. The number of nitrogens with zero attached hydrogens (tertiary/aromatic N) is 3. The van der Waals surface area contributed by atoms with E-state index in [9.17, 15) is 13.2 Å². The van der Waals surface area contributed by atoms with E-state index in [1.807, 2.05) is 6.07 Å². The normalized spacial score (nSPS) is 17.9. The predicted octanol–water partition coefficient (Wildman–Crippen LogP) is 4.77. The molecule has 1 unspecified atom stereocenters. The van der Waals surface area contributed by atoms with E-state index in [0.29, 0.717) is 33.8 Å². The molecule has 1 saturated heterocycles. The molecule has 9 nitrogen and oxygen atoms in total. The minimum atomic E-state index is -3.62. The first-order valence-electron chi connectivity index (χ1n) is 13.9. The molecule has 1 aromatic carbocycles. The van der Waals surface area contributed by atoms with Crippen LogP contribution in [0.5, 0.6) is 5.88 Å². The standard InChI is InChI=1S/C28H37N5O4S2/c1-37-25-14-13-24-27(31-25)38-28(30-24)32-26(34)23(19-20-7-3-4-8-20)21-9-11-22(12-10-21)39(35,36)29-15-18-33-16-5-2-6-17-33/h9-14,20,23,29H,2-8,15-19H2,1H3,(H,30,32,34). The Kier molecular flexibility index (Phi) is 9.11. The Hall–Kier alpha value is -2.60. The number of sulfonamides is 1. The summed E-state index contributed by atoms with van der Waals surface area (Å²) in [6.07, 6.45) is 8.92. The van der Waals surface area contributed by atoms with Crippen LogP contribution in [0.4, 0.5) is 5.13 Å². The summed E-state index contributed by atoms with van der Waals surface area (Å²) in [6, 6.07) is 10.4. The molecule has 2 aromatic heterocycles. The highest BCUT2D eigenvalue weighted by atomic mass is 32.2. The number of carbonyl (C=O) groups excluding carboxylic acids is 1. The molecule has 0 spiro atoms. The molecule has 1 atom stereocenters. The topological polar surface area (TPSA) is 114 Å². The van der Waals surface area contributed by atoms with Gasteiger partial charge in [0.05, 0.1) is 17.9 Å². The molecule has 39 heavy (non-hydrogen) atoms. The van der Waals surface area contributed by atoms with Crippen LogP contribution < -0.4 is 14.8 Å². The number of likely N-dealkylation sites (tertiary alicyclic amines) is 1. The lowest BCUT2D eigenvalue weighted by atomic mass is 9.87. The van der Waals surface area contributed by atoms with Crippen LogP contribution in [0.2, 0.25) is 0 Å². The molecule has 2 aliphatic rings. The van der Waals surface area contributed by atoms with Gasteiger partial charge < -0.3 is 15.0 Å². The molecule has 5 rings (SSSR count). The number of hydrogen-bond donors (Lipinski definition) is 2. The van der Waals surface area contributed by atoms with Gasteiger partial charge in [-0.2, -0.15) is 0 Å². The number of thiazole rings is 1. The van der Waals surface area contributed by atoms with Crippen LogP contribution in [0, 0.1) is 5.92 Å². The number of fused-ring (bicyclic) bond motifs is 1. The van der Waals surface area contributed by atoms with Gasteiger partial charge >= 0.3 is 0 Å². The number of piperidine rings is 1. The van der Waals surface area contributed by atoms with Gasteiger partial charge in [-0.25, -0.2) is 23.1 Å². The number of carbonyl (C=O) groups is 1. The van der Waals surface area contributed by atoms with Gasteiger partial charge in [0.15, 0.2) is 5.13 Å². The van der Waals surface area contributed by atoms with Crippen LogP contribution in [0.3, 0.4) is 0 Å². The fraction of sp³-hybridized carbons (Fsp3) is 0.536. The molecule has 3 aromatic rings. The molecule has 0 radical (unpaired) electrons. The van der Waals surface area contributed by atoms with Crippen LogP contribution in [-0.2, 0) is 14.8 Å². The van der Waals surface area contributed by atoms with Crippen molar-refractivity contribution in [2.45, 2.75) is 62.2 Å². The van der Waals surface area contributed by atoms with Crippen molar-refractivity contribution in [1.82, 2.24) is 19.6 Å². The Bertz CT molecular complexity index is 1360. The summed E-state index contributed by atoms with van der Waals surface area (Å²) in [6.45, 7) is 3.17. The third-order valence-electron chi connectivity index (χ3n) is 7.79. The van der Waals surface area contributed by atoms with Crippen LogP contribution in [0.25, 0.3) is 10.3 Å². The quantitative estimate of drug-likeness (QED) is 0.341. The van der Waals surface area contributed by atoms with Crippen molar-refractivity contribution in [3.05, 3.63) is 42.0 Å². The zero-order valence-electron chi connectivity index (χ0n) is 22.4. The number of nitrogens with one attached hydrogen (secondary N) is 2. The lowest BCUT2D eigenvalue weighted by Gasteiger charge is -2.26. The first kappa shape index (κ1) is 27.9. The maximum atomic E-state index is 13.5. The van der Waals surface area contributed by atoms with Gasteiger partial charge in [0, 0.05) is 19.2 Å². The Morgan fingerprint density at radius 3 is 2.51 bits per heavy atom. The molecule has 210 valence electrons. The fourth-order valence-electron chi connectivity index (χ4n) is 5.62. The summed E-state index contributed by atoms with van der Waals surface area (Å²) in [4.78, 5) is 25.7. The van der Waals surface area contributed by atoms with E-state index in [1.165, 1.54) is 43.4 Å². The molecular weight excluding hydrogens is 534 g/mol. The first-order valence-corrected chi connectivity index (χ1v) is 16.2. The molecule has 1 amide bonds. The van der Waals surface area contributed by atoms with Crippen LogP contribution >= 0.6 is 11.3 Å². The van der Waals surface area contributed by atoms with Gasteiger partial charge in [-0.05, 0) is 62.0 Å². The average Bonchev–Trinajstić information content (AvgIpc) is 3.61. The Morgan fingerprint density at radius 1 is 1.05 bits per heavy atom. The van der Waals surface area contributed by atoms with Crippen LogP contribution in [0.1, 0.15) is 62.8 Å². The third kappa shape index (κ3) is 7.13. The maximum Gasteiger partial charge on any atom is 0.240 e. The van der Waals surface area contributed by atoms with Crippen LogP contribution in [-0.4, -0.2) is 62.5 Å². The average molecular weight is 572 g/mol. The minimum Gasteiger partial charge on any atom is -0.481 e. The Morgan fingerprint density at radius 2 is 1.79 bits per heavy atom. The largest absolute Gasteiger partial charge is 0.481 e. The second-order valence-corrected chi connectivity index (χ2v) is 13.2. The molecule has 0 bridgehead atoms. The van der Waals surface area contributed by atoms with Gasteiger partial charge in [0.1, 0.15) is 10.3 Å². The smallest absolute Gasteiger partial charge is 0.240 e. The summed E-state index contributed by atoms with van der Waals surface area (Å²) in [5, 5.41) is 3.49. The van der Waals surface area contributed by atoms with Crippen molar-refractivity contribution in [3.8, 4) is 5.88 Å². The van der Waals surface area contributed by atoms with E-state index in [2.05, 4.69) is 24.9 Å². The van der Waals surface area contributed by atoms with Crippen molar-refractivity contribution in [2.24, 2.45) is 5.92 Å². The van der Waals surface area contributed by atoms with Gasteiger partial charge in [0.25, 0.3) is 0 Å². The molecular formula is C28H37N5O4S2. The number of benzene rings is 1. The Labute approximate surface area is 234 Å². The molecule has 3 heterocycles. The van der Waals surface area contributed by atoms with Crippen molar-refractivity contribution in [3.63, 3.8) is 0 Å². The van der Waals surface area contributed by atoms with E-state index in [1.54, 1.807) is 37.4 Å². The summed E-state index contributed by atoms with van der Waals surface area (Å²) in [5.74, 6) is 0.440. The lowest BCUT2D eigenvalue weighted by molar-refractivity contribution is -0.118. The number of anilines is 1. The number of amides is 1. The van der Waals surface area contributed by atoms with E-state index >= 15 is 0 Å². The van der Waals surface area contributed by atoms with E-state index in [-0.39, 0.29) is 10.8 Å². The van der Waals surface area contributed by atoms with Gasteiger partial charge in [-0.1, -0.05) is 55.6 Å². The first-order chi connectivity index (χ1) is 18.9. The molecule has 1 aliphatic carbocycles. The zero-order chi connectivity index (χ0) is 27.2. The van der Waals surface area contributed by atoms with Gasteiger partial charge in [-0.15, -0.1) is 0 Å². The molecule has 1 aliphatic heterocycles. The lowest BCUT2D eigenvalue weighted by Crippen LogP contribution is -2.37. The predicted molar refractivity (Wildman–Crippen MR) is 154 cm³/mol. The van der Waals surface area contributed by atoms with E-state index in [4.69, 9.17) is 4.74 Å². The summed E-state index contributed by atoms with van der Waals surface area (Å²) >= 11 is 1.31. The molecule has 1 saturated carbocycles. The SMILES string of the molecule is COc1ccc2nc(NC(=O)C(CC3CCCC3)c3ccc(S(=O)(=O)NCCN4CCCCC4)cc3)sc2n1. The van der Waals surface area contributed by atoms with E-state index < -0.39 is 15.9 Å². The number of hydrogen-bond acceptors (Lipinski definition) is 8. The number of ether oxygens (including phenoxy) is 1. The van der Waals surface area contributed by atoms with Crippen LogP contribution in [0.15, 0.2) is 41.3 Å². The molecule has 2 N–H and O–H groups in total. The fourth-order valence-corrected chi connectivity index (χ4v) is 7.47. The highest BCUT2D eigenvalue weighted by molar-refractivity contribution is 7.89. The minimum absolute atomic E-state index is 0.136. The highest BCUT2D eigenvalue weighted by Crippen LogP contribution is 2.36. The zero-order valence-corrected chi connectivity index (χ0v) is 24.0. The van der Waals surface area contributed by atoms with Crippen molar-refractivity contribution >= 4 is 42.7 Å². The molecule has 11 heteroatoms. The maximum absolute atomic E-state index is 13.5. The number of aromatic nitrogens is 2. The summed E-state index contributed by atoms with van der Waals surface area (Å²) < 4.78 is 33.8. The highest BCUT2D eigenvalue weighted by Gasteiger charge is 2.28. The Balaban J connectivity index is 1.28. The van der Waals surface area contributed by atoms with Gasteiger partial charge in [-0.3, -0.25) is 4.79 Å². The second-order valence-electron chi connectivity index (χ2n) is 10.5.